The van der Waals surface area contributed by atoms with Crippen molar-refractivity contribution in [1.29, 1.82) is 0 Å². The number of amides is 1. The fourth-order valence-electron chi connectivity index (χ4n) is 2.89. The predicted octanol–water partition coefficient (Wildman–Crippen LogP) is 3.60. The molecule has 2 aromatic carbocycles. The Kier molecular flexibility index (Phi) is 4.57. The second kappa shape index (κ2) is 6.62. The molecular weight excluding hydrogens is 358 g/mol. The molecule has 1 heterocycles. The Balaban J connectivity index is 1.79. The van der Waals surface area contributed by atoms with Gasteiger partial charge in [-0.15, -0.1) is 0 Å². The van der Waals surface area contributed by atoms with Gasteiger partial charge in [0.1, 0.15) is 0 Å². The minimum atomic E-state index is 0.0956. The molecule has 0 aromatic heterocycles. The highest BCUT2D eigenvalue weighted by atomic mass is 79.9. The number of benzene rings is 2. The Morgan fingerprint density at radius 2 is 1.91 bits per heavy atom. The van der Waals surface area contributed by atoms with Crippen LogP contribution in [0.3, 0.4) is 0 Å². The van der Waals surface area contributed by atoms with Crippen molar-refractivity contribution < 1.29 is 14.3 Å². The summed E-state index contributed by atoms with van der Waals surface area (Å²) in [5.41, 5.74) is 3.14. The molecule has 0 aliphatic carbocycles. The van der Waals surface area contributed by atoms with Crippen molar-refractivity contribution in [3.05, 3.63) is 52.0 Å². The first-order valence-corrected chi connectivity index (χ1v) is 8.21. The molecule has 4 nitrogen and oxygen atoms in total. The summed E-state index contributed by atoms with van der Waals surface area (Å²) in [7, 11) is 3.19. The molecule has 0 fully saturated rings. The van der Waals surface area contributed by atoms with Gasteiger partial charge in [-0.2, -0.15) is 0 Å². The minimum Gasteiger partial charge on any atom is -0.493 e. The van der Waals surface area contributed by atoms with Crippen molar-refractivity contribution in [3.63, 3.8) is 0 Å². The molecule has 1 amide bonds. The summed E-state index contributed by atoms with van der Waals surface area (Å²) in [6.45, 7) is 0.734. The van der Waals surface area contributed by atoms with Crippen molar-refractivity contribution in [2.24, 2.45) is 0 Å². The highest BCUT2D eigenvalue weighted by Gasteiger charge is 2.24. The molecule has 5 heteroatoms. The summed E-state index contributed by atoms with van der Waals surface area (Å²) in [5.74, 6) is 1.40. The van der Waals surface area contributed by atoms with E-state index in [0.29, 0.717) is 17.9 Å². The molecule has 120 valence electrons. The first kappa shape index (κ1) is 15.9. The molecule has 0 saturated heterocycles. The summed E-state index contributed by atoms with van der Waals surface area (Å²) >= 11 is 3.48. The molecule has 1 aliphatic rings. The molecule has 3 rings (SSSR count). The number of carbonyl (C=O) groups is 1. The maximum absolute atomic E-state index is 12.7. The van der Waals surface area contributed by atoms with E-state index >= 15 is 0 Å². The fraction of sp³-hybridized carbons (Fsp3) is 0.278. The number of ether oxygens (including phenoxy) is 2. The van der Waals surface area contributed by atoms with Gasteiger partial charge in [0.2, 0.25) is 5.91 Å². The van der Waals surface area contributed by atoms with E-state index in [4.69, 9.17) is 9.47 Å². The van der Waals surface area contributed by atoms with E-state index < -0.39 is 0 Å². The number of methoxy groups -OCH3 is 2. The van der Waals surface area contributed by atoms with Gasteiger partial charge in [0.25, 0.3) is 0 Å². The van der Waals surface area contributed by atoms with Gasteiger partial charge in [-0.05, 0) is 47.9 Å². The van der Waals surface area contributed by atoms with Gasteiger partial charge < -0.3 is 14.4 Å². The van der Waals surface area contributed by atoms with Gasteiger partial charge in [-0.1, -0.05) is 22.0 Å². The first-order chi connectivity index (χ1) is 11.1. The molecule has 1 aliphatic heterocycles. The second-order valence-electron chi connectivity index (χ2n) is 5.43. The lowest BCUT2D eigenvalue weighted by molar-refractivity contribution is -0.117. The first-order valence-electron chi connectivity index (χ1n) is 7.42. The van der Waals surface area contributed by atoms with Gasteiger partial charge in [0.15, 0.2) is 11.5 Å². The van der Waals surface area contributed by atoms with E-state index in [0.717, 1.165) is 28.7 Å². The highest BCUT2D eigenvalue weighted by Crippen LogP contribution is 2.32. The Morgan fingerprint density at radius 1 is 1.13 bits per heavy atom. The zero-order valence-electron chi connectivity index (χ0n) is 13.1. The summed E-state index contributed by atoms with van der Waals surface area (Å²) in [6, 6.07) is 11.6. The zero-order chi connectivity index (χ0) is 16.4. The van der Waals surface area contributed by atoms with Crippen LogP contribution in [0.4, 0.5) is 5.69 Å². The van der Waals surface area contributed by atoms with E-state index in [1.165, 1.54) is 5.56 Å². The van der Waals surface area contributed by atoms with Crippen LogP contribution in [-0.4, -0.2) is 26.7 Å². The maximum Gasteiger partial charge on any atom is 0.231 e. The lowest BCUT2D eigenvalue weighted by Crippen LogP contribution is -2.30. The van der Waals surface area contributed by atoms with Crippen molar-refractivity contribution in [1.82, 2.24) is 0 Å². The van der Waals surface area contributed by atoms with Crippen LogP contribution in [0.2, 0.25) is 0 Å². The Labute approximate surface area is 144 Å². The molecule has 0 N–H and O–H groups in total. The predicted molar refractivity (Wildman–Crippen MR) is 93.4 cm³/mol. The zero-order valence-corrected chi connectivity index (χ0v) is 14.7. The van der Waals surface area contributed by atoms with Crippen LogP contribution in [0.15, 0.2) is 40.9 Å². The fourth-order valence-corrected chi connectivity index (χ4v) is 3.30. The van der Waals surface area contributed by atoms with Crippen LogP contribution in [-0.2, 0) is 17.6 Å². The number of fused-ring (bicyclic) bond motifs is 1. The summed E-state index contributed by atoms with van der Waals surface area (Å²) in [4.78, 5) is 14.5. The third-order valence-corrected chi connectivity index (χ3v) is 4.53. The lowest BCUT2D eigenvalue weighted by atomic mass is 10.1. The standard InChI is InChI=1S/C18H18BrNO3/c1-22-16-6-3-12(9-17(16)23-2)10-18(21)20-8-7-13-11-14(19)4-5-15(13)20/h3-6,9,11H,7-8,10H2,1-2H3. The summed E-state index contributed by atoms with van der Waals surface area (Å²) in [5, 5.41) is 0. The van der Waals surface area contributed by atoms with Gasteiger partial charge in [0, 0.05) is 16.7 Å². The van der Waals surface area contributed by atoms with Crippen LogP contribution >= 0.6 is 15.9 Å². The largest absolute Gasteiger partial charge is 0.493 e. The quantitative estimate of drug-likeness (QED) is 0.819. The summed E-state index contributed by atoms with van der Waals surface area (Å²) < 4.78 is 11.6. The van der Waals surface area contributed by atoms with Gasteiger partial charge in [-0.3, -0.25) is 4.79 Å². The Morgan fingerprint density at radius 3 is 2.65 bits per heavy atom. The van der Waals surface area contributed by atoms with E-state index in [-0.39, 0.29) is 5.91 Å². The van der Waals surface area contributed by atoms with Gasteiger partial charge in [-0.25, -0.2) is 0 Å². The minimum absolute atomic E-state index is 0.0956. The van der Waals surface area contributed by atoms with Gasteiger partial charge in [0.05, 0.1) is 20.6 Å². The van der Waals surface area contributed by atoms with Crippen molar-refractivity contribution in [3.8, 4) is 11.5 Å². The average Bonchev–Trinajstić information content (AvgIpc) is 2.97. The van der Waals surface area contributed by atoms with E-state index in [9.17, 15) is 4.79 Å². The van der Waals surface area contributed by atoms with E-state index in [1.807, 2.05) is 35.2 Å². The third kappa shape index (κ3) is 3.20. The molecule has 0 atom stereocenters. The number of anilines is 1. The number of carbonyl (C=O) groups excluding carboxylic acids is 1. The topological polar surface area (TPSA) is 38.8 Å². The van der Waals surface area contributed by atoms with Crippen LogP contribution in [0.5, 0.6) is 11.5 Å². The molecule has 0 unspecified atom stereocenters. The summed E-state index contributed by atoms with van der Waals surface area (Å²) in [6.07, 6.45) is 1.24. The third-order valence-electron chi connectivity index (χ3n) is 4.04. The van der Waals surface area contributed by atoms with Crippen LogP contribution < -0.4 is 14.4 Å². The Hall–Kier alpha value is -2.01. The number of hydrogen-bond donors (Lipinski definition) is 0. The van der Waals surface area contributed by atoms with Crippen LogP contribution in [0, 0.1) is 0 Å². The van der Waals surface area contributed by atoms with E-state index in [1.54, 1.807) is 14.2 Å². The second-order valence-corrected chi connectivity index (χ2v) is 6.35. The van der Waals surface area contributed by atoms with Crippen LogP contribution in [0.1, 0.15) is 11.1 Å². The molecule has 0 bridgehead atoms. The molecular formula is C18H18BrNO3. The normalized spacial score (nSPS) is 12.9. The van der Waals surface area contributed by atoms with Crippen molar-refractivity contribution in [2.45, 2.75) is 12.8 Å². The SMILES string of the molecule is COc1ccc(CC(=O)N2CCc3cc(Br)ccc32)cc1OC. The highest BCUT2D eigenvalue weighted by molar-refractivity contribution is 9.10. The lowest BCUT2D eigenvalue weighted by Gasteiger charge is -2.18. The number of halogens is 1. The molecule has 0 radical (unpaired) electrons. The van der Waals surface area contributed by atoms with Crippen LogP contribution in [0.25, 0.3) is 0 Å². The molecule has 0 saturated carbocycles. The molecule has 2 aromatic rings. The number of rotatable bonds is 4. The maximum atomic E-state index is 12.7. The number of hydrogen-bond acceptors (Lipinski definition) is 3. The molecule has 23 heavy (non-hydrogen) atoms. The van der Waals surface area contributed by atoms with E-state index in [2.05, 4.69) is 22.0 Å². The van der Waals surface area contributed by atoms with Crippen molar-refractivity contribution >= 4 is 27.5 Å². The average molecular weight is 376 g/mol. The monoisotopic (exact) mass is 375 g/mol. The van der Waals surface area contributed by atoms with Gasteiger partial charge >= 0.3 is 0 Å². The molecule has 0 spiro atoms. The Bertz CT molecular complexity index is 745. The van der Waals surface area contributed by atoms with Crippen molar-refractivity contribution in [2.75, 3.05) is 25.7 Å². The smallest absolute Gasteiger partial charge is 0.231 e. The number of nitrogens with zero attached hydrogens (tertiary/aromatic N) is 1.